The average Bonchev–Trinajstić information content (AvgIpc) is 3.24. The second-order valence-electron chi connectivity index (χ2n) is 19.2. The molecule has 0 heterocycles. The molecule has 0 aliphatic heterocycles. The zero-order valence-corrected chi connectivity index (χ0v) is 43.2. The number of ether oxygens (including phenoxy) is 2. The van der Waals surface area contributed by atoms with Crippen molar-refractivity contribution < 1.29 is 37.3 Å². The molecule has 2 unspecified atom stereocenters. The number of carbonyl (C=O) groups excluding carboxylic acids is 1. The highest BCUT2D eigenvalue weighted by Crippen LogP contribution is 2.38. The number of phosphoric ester groups is 1. The molecule has 0 saturated carbocycles. The second kappa shape index (κ2) is 47.2. The highest BCUT2D eigenvalue weighted by molar-refractivity contribution is 7.45. The van der Waals surface area contributed by atoms with Gasteiger partial charge in [-0.3, -0.25) is 9.36 Å². The molecule has 0 spiro atoms. The molecule has 372 valence electrons. The molecule has 0 aromatic carbocycles. The van der Waals surface area contributed by atoms with Crippen LogP contribution in [0.1, 0.15) is 245 Å². The number of allylic oxidation sites excluding steroid dienone is 6. The average molecular weight is 910 g/mol. The first-order valence-electron chi connectivity index (χ1n) is 26.7. The molecular formula is C54H104NO7P. The number of quaternary nitrogens is 1. The molecule has 9 heteroatoms. The molecule has 0 aromatic rings. The summed E-state index contributed by atoms with van der Waals surface area (Å²) < 4.78 is 34.7. The van der Waals surface area contributed by atoms with E-state index in [-0.39, 0.29) is 25.8 Å². The van der Waals surface area contributed by atoms with E-state index in [1.54, 1.807) is 0 Å². The molecular weight excluding hydrogens is 806 g/mol. The molecule has 0 aromatic heterocycles. The van der Waals surface area contributed by atoms with Gasteiger partial charge in [0.15, 0.2) is 0 Å². The fourth-order valence-corrected chi connectivity index (χ4v) is 8.24. The van der Waals surface area contributed by atoms with E-state index < -0.39 is 13.9 Å². The summed E-state index contributed by atoms with van der Waals surface area (Å²) in [5, 5.41) is 0. The van der Waals surface area contributed by atoms with Gasteiger partial charge in [-0.25, -0.2) is 0 Å². The van der Waals surface area contributed by atoms with Crippen LogP contribution in [-0.2, 0) is 27.9 Å². The smallest absolute Gasteiger partial charge is 0.306 e. The molecule has 0 rings (SSSR count). The number of phosphoric acid groups is 1. The quantitative estimate of drug-likeness (QED) is 0.0197. The molecule has 2 atom stereocenters. The van der Waals surface area contributed by atoms with Gasteiger partial charge >= 0.3 is 5.97 Å². The van der Waals surface area contributed by atoms with Crippen molar-refractivity contribution in [2.45, 2.75) is 251 Å². The van der Waals surface area contributed by atoms with Crippen LogP contribution in [0.5, 0.6) is 0 Å². The molecule has 0 aliphatic rings. The highest BCUT2D eigenvalue weighted by Gasteiger charge is 2.20. The normalized spacial score (nSPS) is 13.8. The van der Waals surface area contributed by atoms with Crippen molar-refractivity contribution in [3.8, 4) is 0 Å². The van der Waals surface area contributed by atoms with E-state index in [2.05, 4.69) is 50.3 Å². The van der Waals surface area contributed by atoms with E-state index in [1.807, 2.05) is 21.1 Å². The van der Waals surface area contributed by atoms with Crippen molar-refractivity contribution in [2.75, 3.05) is 54.1 Å². The molecule has 0 saturated heterocycles. The summed E-state index contributed by atoms with van der Waals surface area (Å²) in [6.45, 7) is 5.42. The Morgan fingerprint density at radius 3 is 1.30 bits per heavy atom. The molecule has 0 N–H and O–H groups in total. The number of unbranched alkanes of at least 4 members (excludes halogenated alkanes) is 30. The van der Waals surface area contributed by atoms with Crippen molar-refractivity contribution in [1.29, 1.82) is 0 Å². The van der Waals surface area contributed by atoms with Gasteiger partial charge in [0.1, 0.15) is 19.3 Å². The minimum absolute atomic E-state index is 0.0253. The first kappa shape index (κ1) is 61.7. The Balaban J connectivity index is 4.05. The Morgan fingerprint density at radius 2 is 0.873 bits per heavy atom. The van der Waals surface area contributed by atoms with Crippen molar-refractivity contribution >= 4 is 13.8 Å². The van der Waals surface area contributed by atoms with E-state index >= 15 is 0 Å². The predicted molar refractivity (Wildman–Crippen MR) is 268 cm³/mol. The zero-order valence-electron chi connectivity index (χ0n) is 42.3. The van der Waals surface area contributed by atoms with Crippen LogP contribution in [-0.4, -0.2) is 70.7 Å². The number of likely N-dealkylation sites (N-methyl/N-ethyl adjacent to an activating group) is 1. The molecule has 0 fully saturated rings. The van der Waals surface area contributed by atoms with E-state index in [1.165, 1.54) is 173 Å². The van der Waals surface area contributed by atoms with Crippen molar-refractivity contribution in [3.05, 3.63) is 36.5 Å². The van der Waals surface area contributed by atoms with Crippen LogP contribution >= 0.6 is 7.82 Å². The maximum Gasteiger partial charge on any atom is 0.306 e. The van der Waals surface area contributed by atoms with Crippen LogP contribution in [0.3, 0.4) is 0 Å². The molecule has 0 aliphatic carbocycles. The standard InChI is InChI=1S/C54H104NO7P/c1-6-8-10-12-14-16-18-20-22-23-24-25-26-27-28-29-30-31-32-34-36-38-40-42-44-46-49-59-51-53(52-61-63(57,58)60-50-48-55(3,4)5)62-54(56)47-45-43-41-39-37-35-33-21-19-17-15-13-11-9-7-2/h18,20-21,23-24,33,53H,6-17,19,22,25-32,34-52H2,1-5H3/b20-18-,24-23-,33-21-. The fourth-order valence-electron chi connectivity index (χ4n) is 7.51. The molecule has 0 radical (unpaired) electrons. The van der Waals surface area contributed by atoms with Gasteiger partial charge in [0, 0.05) is 13.0 Å². The lowest BCUT2D eigenvalue weighted by atomic mass is 10.0. The van der Waals surface area contributed by atoms with Crippen LogP contribution in [0, 0.1) is 0 Å². The first-order valence-corrected chi connectivity index (χ1v) is 28.2. The van der Waals surface area contributed by atoms with Crippen molar-refractivity contribution in [3.63, 3.8) is 0 Å². The Hall–Kier alpha value is -1.28. The van der Waals surface area contributed by atoms with Gasteiger partial charge in [0.05, 0.1) is 34.4 Å². The summed E-state index contributed by atoms with van der Waals surface area (Å²) in [7, 11) is 1.36. The number of esters is 1. The molecule has 0 bridgehead atoms. The summed E-state index contributed by atoms with van der Waals surface area (Å²) in [6.07, 6.45) is 57.5. The third-order valence-corrected chi connectivity index (χ3v) is 12.6. The number of nitrogens with zero attached hydrogens (tertiary/aromatic N) is 1. The second-order valence-corrected chi connectivity index (χ2v) is 20.6. The number of rotatable bonds is 50. The molecule has 63 heavy (non-hydrogen) atoms. The Kier molecular flexibility index (Phi) is 46.3. The number of hydrogen-bond donors (Lipinski definition) is 0. The van der Waals surface area contributed by atoms with Gasteiger partial charge in [-0.05, 0) is 70.6 Å². The van der Waals surface area contributed by atoms with Crippen LogP contribution in [0.2, 0.25) is 0 Å². The summed E-state index contributed by atoms with van der Waals surface area (Å²) in [5.41, 5.74) is 0. The Morgan fingerprint density at radius 1 is 0.492 bits per heavy atom. The SMILES string of the molecule is CCCCCCC/C=C\C/C=C\CCCCCCCCCCCCCCCCOCC(COP(=O)([O-])OCC[N+](C)(C)C)OC(=O)CCCCCCC/C=C\CCCCCCCC. The summed E-state index contributed by atoms with van der Waals surface area (Å²) in [6, 6.07) is 0. The number of carbonyl (C=O) groups is 1. The van der Waals surface area contributed by atoms with Gasteiger partial charge in [-0.2, -0.15) is 0 Å². The van der Waals surface area contributed by atoms with Gasteiger partial charge in [0.25, 0.3) is 7.82 Å². The highest BCUT2D eigenvalue weighted by atomic mass is 31.2. The summed E-state index contributed by atoms with van der Waals surface area (Å²) in [4.78, 5) is 25.2. The van der Waals surface area contributed by atoms with Gasteiger partial charge in [-0.15, -0.1) is 0 Å². The van der Waals surface area contributed by atoms with Crippen LogP contribution in [0.4, 0.5) is 0 Å². The van der Waals surface area contributed by atoms with Crippen LogP contribution < -0.4 is 4.89 Å². The lowest BCUT2D eigenvalue weighted by Gasteiger charge is -2.28. The van der Waals surface area contributed by atoms with Crippen LogP contribution in [0.15, 0.2) is 36.5 Å². The van der Waals surface area contributed by atoms with Gasteiger partial charge < -0.3 is 27.9 Å². The maximum atomic E-state index is 12.7. The van der Waals surface area contributed by atoms with E-state index in [0.29, 0.717) is 24.1 Å². The largest absolute Gasteiger partial charge is 0.756 e. The maximum absolute atomic E-state index is 12.7. The lowest BCUT2D eigenvalue weighted by molar-refractivity contribution is -0.870. The zero-order chi connectivity index (χ0) is 46.2. The van der Waals surface area contributed by atoms with Gasteiger partial charge in [-0.1, -0.05) is 204 Å². The van der Waals surface area contributed by atoms with Crippen LogP contribution in [0.25, 0.3) is 0 Å². The predicted octanol–water partition coefficient (Wildman–Crippen LogP) is 15.9. The fraction of sp³-hybridized carbons (Fsp3) is 0.870. The van der Waals surface area contributed by atoms with Crippen molar-refractivity contribution in [1.82, 2.24) is 0 Å². The third-order valence-electron chi connectivity index (χ3n) is 11.7. The minimum Gasteiger partial charge on any atom is -0.756 e. The summed E-state index contributed by atoms with van der Waals surface area (Å²) in [5.74, 6) is -0.340. The van der Waals surface area contributed by atoms with E-state index in [4.69, 9.17) is 18.5 Å². The minimum atomic E-state index is -4.53. The number of hydrogen-bond acceptors (Lipinski definition) is 7. The molecule has 8 nitrogen and oxygen atoms in total. The topological polar surface area (TPSA) is 94.1 Å². The van der Waals surface area contributed by atoms with E-state index in [9.17, 15) is 14.3 Å². The monoisotopic (exact) mass is 910 g/mol. The summed E-state index contributed by atoms with van der Waals surface area (Å²) >= 11 is 0. The first-order chi connectivity index (χ1) is 30.6. The van der Waals surface area contributed by atoms with Crippen molar-refractivity contribution in [2.24, 2.45) is 0 Å². The Bertz CT molecular complexity index is 1100. The third kappa shape index (κ3) is 51.6. The molecule has 0 amide bonds. The van der Waals surface area contributed by atoms with E-state index in [0.717, 1.165) is 51.4 Å². The van der Waals surface area contributed by atoms with Gasteiger partial charge in [0.2, 0.25) is 0 Å². The lowest BCUT2D eigenvalue weighted by Crippen LogP contribution is -2.37. The Labute approximate surface area is 391 Å².